The van der Waals surface area contributed by atoms with Gasteiger partial charge in [-0.25, -0.2) is 4.39 Å². The lowest BCUT2D eigenvalue weighted by atomic mass is 10.1. The molecule has 3 heterocycles. The molecule has 176 valence electrons. The number of para-hydroxylation sites is 1. The van der Waals surface area contributed by atoms with Crippen LogP contribution in [0.15, 0.2) is 95.0 Å². The number of aryl methyl sites for hydroxylation is 1. The number of carbonyl (C=O) groups excluding carboxylic acids is 1. The first-order valence-electron chi connectivity index (χ1n) is 11.5. The van der Waals surface area contributed by atoms with Gasteiger partial charge in [-0.1, -0.05) is 54.2 Å². The normalized spacial score (nSPS) is 16.5. The Kier molecular flexibility index (Phi) is 5.42. The molecule has 7 heteroatoms. The third-order valence-electron chi connectivity index (χ3n) is 6.48. The highest BCUT2D eigenvalue weighted by Gasteiger charge is 2.36. The highest BCUT2D eigenvalue weighted by Crippen LogP contribution is 2.38. The summed E-state index contributed by atoms with van der Waals surface area (Å²) in [5.74, 6) is -0.713. The Morgan fingerprint density at radius 2 is 1.78 bits per heavy atom. The van der Waals surface area contributed by atoms with Gasteiger partial charge < -0.3 is 4.57 Å². The number of amidine groups is 2. The van der Waals surface area contributed by atoms with Crippen molar-refractivity contribution in [1.29, 1.82) is 5.41 Å². The molecule has 0 radical (unpaired) electrons. The molecular formula is C29H21FN4OS. The van der Waals surface area contributed by atoms with Crippen LogP contribution in [0.5, 0.6) is 0 Å². The lowest BCUT2D eigenvalue weighted by molar-refractivity contribution is -0.114. The maximum atomic E-state index is 13.5. The van der Waals surface area contributed by atoms with Gasteiger partial charge in [-0.05, 0) is 60.0 Å². The summed E-state index contributed by atoms with van der Waals surface area (Å²) in [7, 11) is 0. The first-order valence-corrected chi connectivity index (χ1v) is 12.4. The van der Waals surface area contributed by atoms with Crippen molar-refractivity contribution in [2.75, 3.05) is 0 Å². The number of amides is 1. The van der Waals surface area contributed by atoms with E-state index in [2.05, 4.69) is 34.7 Å². The molecule has 0 saturated carbocycles. The largest absolute Gasteiger partial charge is 0.342 e. The number of thioether (sulfide) groups is 1. The quantitative estimate of drug-likeness (QED) is 0.334. The molecule has 2 aliphatic heterocycles. The highest BCUT2D eigenvalue weighted by molar-refractivity contribution is 8.17. The van der Waals surface area contributed by atoms with Gasteiger partial charge in [0, 0.05) is 34.6 Å². The van der Waals surface area contributed by atoms with E-state index in [1.54, 1.807) is 23.1 Å². The molecular weight excluding hydrogens is 471 g/mol. The van der Waals surface area contributed by atoms with Crippen molar-refractivity contribution in [2.45, 2.75) is 13.5 Å². The Bertz CT molecular complexity index is 1650. The number of benzene rings is 3. The Labute approximate surface area is 211 Å². The summed E-state index contributed by atoms with van der Waals surface area (Å²) in [5, 5.41) is 12.2. The monoisotopic (exact) mass is 492 g/mol. The SMILES string of the molecule is Cc1ccccc1Cn1cc(/C=C2\C(=N)N3C(c4ccc(F)cc4)=CSC3=NC2=O)c2ccccc21. The molecule has 0 atom stereocenters. The van der Waals surface area contributed by atoms with E-state index in [1.807, 2.05) is 41.9 Å². The number of hydrogen-bond acceptors (Lipinski definition) is 3. The number of aliphatic imine (C=N–C) groups is 1. The van der Waals surface area contributed by atoms with E-state index in [0.717, 1.165) is 22.0 Å². The number of halogens is 1. The molecule has 2 aliphatic rings. The number of rotatable bonds is 4. The second-order valence-electron chi connectivity index (χ2n) is 8.73. The molecule has 0 bridgehead atoms. The van der Waals surface area contributed by atoms with Crippen LogP contribution >= 0.6 is 11.8 Å². The van der Waals surface area contributed by atoms with Crippen LogP contribution in [0.1, 0.15) is 22.3 Å². The summed E-state index contributed by atoms with van der Waals surface area (Å²) in [5.41, 5.74) is 6.00. The topological polar surface area (TPSA) is 61.5 Å². The third kappa shape index (κ3) is 3.78. The standard InChI is InChI=1S/C29H21FN4OS/c1-18-6-2-3-7-20(18)15-33-16-21(23-8-4-5-9-25(23)33)14-24-27(31)34-26(17-36-29(34)32-28(24)35)19-10-12-22(30)13-11-19/h2-14,16-17,31H,15H2,1H3/b24-14+,31-27?. The number of hydrogen-bond donors (Lipinski definition) is 1. The van der Waals surface area contributed by atoms with Gasteiger partial charge in [-0.3, -0.25) is 15.1 Å². The van der Waals surface area contributed by atoms with E-state index in [4.69, 9.17) is 5.41 Å². The average Bonchev–Trinajstić information content (AvgIpc) is 3.45. The number of nitrogens with one attached hydrogen (secondary N) is 1. The second kappa shape index (κ2) is 8.77. The maximum absolute atomic E-state index is 13.5. The van der Waals surface area contributed by atoms with E-state index >= 15 is 0 Å². The lowest BCUT2D eigenvalue weighted by Gasteiger charge is -2.26. The number of carbonyl (C=O) groups is 1. The van der Waals surface area contributed by atoms with Gasteiger partial charge in [0.1, 0.15) is 11.7 Å². The van der Waals surface area contributed by atoms with Gasteiger partial charge in [0.15, 0.2) is 5.17 Å². The smallest absolute Gasteiger partial charge is 0.283 e. The first-order chi connectivity index (χ1) is 17.5. The number of nitrogens with zero attached hydrogens (tertiary/aromatic N) is 3. The van der Waals surface area contributed by atoms with E-state index in [0.29, 0.717) is 17.4 Å². The summed E-state index contributed by atoms with van der Waals surface area (Å²) < 4.78 is 15.6. The Hall–Kier alpha value is -4.23. The zero-order chi connectivity index (χ0) is 24.8. The molecule has 1 aromatic heterocycles. The number of fused-ring (bicyclic) bond motifs is 2. The Morgan fingerprint density at radius 1 is 1.03 bits per heavy atom. The minimum atomic E-state index is -0.441. The zero-order valence-corrected chi connectivity index (χ0v) is 20.2. The lowest BCUT2D eigenvalue weighted by Crippen LogP contribution is -2.38. The van der Waals surface area contributed by atoms with Gasteiger partial charge in [0.2, 0.25) is 0 Å². The van der Waals surface area contributed by atoms with Crippen LogP contribution in [0.25, 0.3) is 22.7 Å². The molecule has 6 rings (SSSR count). The Morgan fingerprint density at radius 3 is 2.58 bits per heavy atom. The molecule has 4 aromatic rings. The summed E-state index contributed by atoms with van der Waals surface area (Å²) in [6, 6.07) is 22.4. The van der Waals surface area contributed by atoms with Crippen molar-refractivity contribution in [1.82, 2.24) is 9.47 Å². The second-order valence-corrected chi connectivity index (χ2v) is 9.56. The average molecular weight is 493 g/mol. The molecule has 0 fully saturated rings. The zero-order valence-electron chi connectivity index (χ0n) is 19.4. The van der Waals surface area contributed by atoms with E-state index in [9.17, 15) is 9.18 Å². The summed E-state index contributed by atoms with van der Waals surface area (Å²) in [4.78, 5) is 18.9. The molecule has 0 unspecified atom stereocenters. The molecule has 1 N–H and O–H groups in total. The van der Waals surface area contributed by atoms with Crippen molar-refractivity contribution in [2.24, 2.45) is 4.99 Å². The van der Waals surface area contributed by atoms with Crippen molar-refractivity contribution in [3.05, 3.63) is 118 Å². The van der Waals surface area contributed by atoms with Crippen LogP contribution in [0.2, 0.25) is 0 Å². The van der Waals surface area contributed by atoms with Gasteiger partial charge >= 0.3 is 0 Å². The minimum Gasteiger partial charge on any atom is -0.342 e. The molecule has 36 heavy (non-hydrogen) atoms. The fourth-order valence-corrected chi connectivity index (χ4v) is 5.46. The van der Waals surface area contributed by atoms with Crippen LogP contribution in [0, 0.1) is 18.2 Å². The van der Waals surface area contributed by atoms with E-state index in [-0.39, 0.29) is 17.2 Å². The summed E-state index contributed by atoms with van der Waals surface area (Å²) in [6.07, 6.45) is 3.78. The van der Waals surface area contributed by atoms with Crippen LogP contribution < -0.4 is 0 Å². The van der Waals surface area contributed by atoms with Gasteiger partial charge in [-0.2, -0.15) is 4.99 Å². The van der Waals surface area contributed by atoms with Crippen molar-refractivity contribution in [3.8, 4) is 0 Å². The highest BCUT2D eigenvalue weighted by atomic mass is 32.2. The Balaban J connectivity index is 1.40. The van der Waals surface area contributed by atoms with Crippen LogP contribution in [0.4, 0.5) is 4.39 Å². The maximum Gasteiger partial charge on any atom is 0.283 e. The van der Waals surface area contributed by atoms with Gasteiger partial charge in [0.05, 0.1) is 11.3 Å². The molecule has 0 aliphatic carbocycles. The summed E-state index contributed by atoms with van der Waals surface area (Å²) >= 11 is 1.29. The van der Waals surface area contributed by atoms with Gasteiger partial charge in [-0.15, -0.1) is 0 Å². The van der Waals surface area contributed by atoms with Crippen molar-refractivity contribution >= 4 is 51.3 Å². The molecule has 0 saturated heterocycles. The van der Waals surface area contributed by atoms with Crippen molar-refractivity contribution in [3.63, 3.8) is 0 Å². The first kappa shape index (κ1) is 22.2. The summed E-state index contributed by atoms with van der Waals surface area (Å²) in [6.45, 7) is 2.80. The minimum absolute atomic E-state index is 0.0568. The van der Waals surface area contributed by atoms with Crippen molar-refractivity contribution < 1.29 is 9.18 Å². The van der Waals surface area contributed by atoms with E-state index < -0.39 is 5.91 Å². The molecule has 0 spiro atoms. The van der Waals surface area contributed by atoms with Crippen LogP contribution in [-0.4, -0.2) is 26.4 Å². The fourth-order valence-electron chi connectivity index (χ4n) is 4.57. The van der Waals surface area contributed by atoms with Gasteiger partial charge in [0.25, 0.3) is 5.91 Å². The molecule has 1 amide bonds. The third-order valence-corrected chi connectivity index (χ3v) is 7.30. The number of aromatic nitrogens is 1. The predicted octanol–water partition coefficient (Wildman–Crippen LogP) is 6.44. The fraction of sp³-hybridized carbons (Fsp3) is 0.0690. The van der Waals surface area contributed by atoms with Crippen LogP contribution in [0.3, 0.4) is 0 Å². The molecule has 5 nitrogen and oxygen atoms in total. The van der Waals surface area contributed by atoms with Crippen LogP contribution in [-0.2, 0) is 11.3 Å². The van der Waals surface area contributed by atoms with E-state index in [1.165, 1.54) is 35.0 Å². The molecule has 3 aromatic carbocycles. The predicted molar refractivity (Wildman–Crippen MR) is 144 cm³/mol.